The van der Waals surface area contributed by atoms with E-state index in [1.165, 1.54) is 5.56 Å². The lowest BCUT2D eigenvalue weighted by molar-refractivity contribution is 0.503. The molecule has 0 spiro atoms. The van der Waals surface area contributed by atoms with Crippen molar-refractivity contribution < 1.29 is 4.42 Å². The van der Waals surface area contributed by atoms with Gasteiger partial charge in [0.1, 0.15) is 0 Å². The van der Waals surface area contributed by atoms with Crippen molar-refractivity contribution in [3.05, 3.63) is 40.3 Å². The molecule has 0 saturated heterocycles. The molecule has 0 radical (unpaired) electrons. The maximum Gasteiger partial charge on any atom is 0.194 e. The Bertz CT molecular complexity index is 510. The number of nitrogens with zero attached hydrogens (tertiary/aromatic N) is 1. The zero-order valence-corrected chi connectivity index (χ0v) is 11.9. The SMILES string of the molecule is Cc1ccc(Br)cc1-c1cnc(CCCCl)o1. The van der Waals surface area contributed by atoms with Crippen molar-refractivity contribution in [3.63, 3.8) is 0 Å². The van der Waals surface area contributed by atoms with Gasteiger partial charge in [0.25, 0.3) is 0 Å². The van der Waals surface area contributed by atoms with Gasteiger partial charge in [-0.3, -0.25) is 0 Å². The van der Waals surface area contributed by atoms with E-state index < -0.39 is 0 Å². The first kappa shape index (κ1) is 12.7. The normalized spacial score (nSPS) is 10.8. The topological polar surface area (TPSA) is 26.0 Å². The van der Waals surface area contributed by atoms with Crippen LogP contribution in [0.1, 0.15) is 17.9 Å². The van der Waals surface area contributed by atoms with Crippen LogP contribution in [0.3, 0.4) is 0 Å². The van der Waals surface area contributed by atoms with Crippen LogP contribution in [0.25, 0.3) is 11.3 Å². The second-order valence-corrected chi connectivity index (χ2v) is 5.16. The molecule has 2 aromatic rings. The smallest absolute Gasteiger partial charge is 0.194 e. The predicted molar refractivity (Wildman–Crippen MR) is 73.4 cm³/mol. The molecule has 1 aromatic heterocycles. The Labute approximate surface area is 114 Å². The van der Waals surface area contributed by atoms with E-state index in [1.807, 2.05) is 12.1 Å². The fraction of sp³-hybridized carbons (Fsp3) is 0.308. The summed E-state index contributed by atoms with van der Waals surface area (Å²) in [5.74, 6) is 2.20. The lowest BCUT2D eigenvalue weighted by Crippen LogP contribution is -1.84. The molecule has 0 bridgehead atoms. The van der Waals surface area contributed by atoms with Crippen LogP contribution in [-0.2, 0) is 6.42 Å². The Morgan fingerprint density at radius 3 is 3.00 bits per heavy atom. The second-order valence-electron chi connectivity index (χ2n) is 3.87. The summed E-state index contributed by atoms with van der Waals surface area (Å²) < 4.78 is 6.76. The molecule has 0 unspecified atom stereocenters. The summed E-state index contributed by atoms with van der Waals surface area (Å²) in [7, 11) is 0. The van der Waals surface area contributed by atoms with Gasteiger partial charge in [-0.05, 0) is 31.0 Å². The van der Waals surface area contributed by atoms with Crippen molar-refractivity contribution in [2.75, 3.05) is 5.88 Å². The molecule has 0 saturated carbocycles. The number of halogens is 2. The lowest BCUT2D eigenvalue weighted by atomic mass is 10.1. The molecular formula is C13H13BrClNO. The van der Waals surface area contributed by atoms with Gasteiger partial charge < -0.3 is 4.42 Å². The van der Waals surface area contributed by atoms with E-state index in [-0.39, 0.29) is 0 Å². The average molecular weight is 315 g/mol. The van der Waals surface area contributed by atoms with Crippen molar-refractivity contribution >= 4 is 27.5 Å². The molecule has 0 aliphatic heterocycles. The van der Waals surface area contributed by atoms with E-state index in [9.17, 15) is 0 Å². The van der Waals surface area contributed by atoms with Gasteiger partial charge in [-0.2, -0.15) is 0 Å². The molecule has 17 heavy (non-hydrogen) atoms. The predicted octanol–water partition coefficient (Wildman–Crippen LogP) is 4.58. The van der Waals surface area contributed by atoms with Crippen LogP contribution < -0.4 is 0 Å². The summed E-state index contributed by atoms with van der Waals surface area (Å²) in [6.07, 6.45) is 3.45. The van der Waals surface area contributed by atoms with Gasteiger partial charge in [0.2, 0.25) is 0 Å². The van der Waals surface area contributed by atoms with E-state index in [2.05, 4.69) is 33.9 Å². The van der Waals surface area contributed by atoms with E-state index in [0.29, 0.717) is 5.88 Å². The monoisotopic (exact) mass is 313 g/mol. The third kappa shape index (κ3) is 3.11. The second kappa shape index (κ2) is 5.69. The van der Waals surface area contributed by atoms with Crippen molar-refractivity contribution in [1.82, 2.24) is 4.98 Å². The Hall–Kier alpha value is -0.800. The molecule has 0 atom stereocenters. The van der Waals surface area contributed by atoms with Gasteiger partial charge in [0, 0.05) is 22.3 Å². The zero-order valence-electron chi connectivity index (χ0n) is 9.54. The summed E-state index contributed by atoms with van der Waals surface area (Å²) >= 11 is 9.11. The highest BCUT2D eigenvalue weighted by molar-refractivity contribution is 9.10. The Balaban J connectivity index is 2.27. The molecule has 0 fully saturated rings. The lowest BCUT2D eigenvalue weighted by Gasteiger charge is -2.02. The van der Waals surface area contributed by atoms with Crippen molar-refractivity contribution in [2.45, 2.75) is 19.8 Å². The van der Waals surface area contributed by atoms with Crippen LogP contribution in [0, 0.1) is 6.92 Å². The largest absolute Gasteiger partial charge is 0.441 e. The number of hydrogen-bond acceptors (Lipinski definition) is 2. The van der Waals surface area contributed by atoms with Crippen molar-refractivity contribution in [3.8, 4) is 11.3 Å². The van der Waals surface area contributed by atoms with Crippen LogP contribution in [0.4, 0.5) is 0 Å². The minimum atomic E-state index is 0.633. The van der Waals surface area contributed by atoms with Crippen LogP contribution in [0.15, 0.2) is 33.3 Å². The van der Waals surface area contributed by atoms with E-state index in [1.54, 1.807) is 6.20 Å². The average Bonchev–Trinajstić information content (AvgIpc) is 2.78. The third-order valence-corrected chi connectivity index (χ3v) is 3.30. The summed E-state index contributed by atoms with van der Waals surface area (Å²) in [6.45, 7) is 2.06. The maximum absolute atomic E-state index is 5.72. The van der Waals surface area contributed by atoms with Crippen LogP contribution in [-0.4, -0.2) is 10.9 Å². The van der Waals surface area contributed by atoms with E-state index in [4.69, 9.17) is 16.0 Å². The molecular weight excluding hydrogens is 302 g/mol. The summed E-state index contributed by atoms with van der Waals surface area (Å²) in [6, 6.07) is 6.12. The number of hydrogen-bond donors (Lipinski definition) is 0. The molecule has 2 rings (SSSR count). The van der Waals surface area contributed by atoms with Gasteiger partial charge in [-0.25, -0.2) is 4.98 Å². The molecule has 1 heterocycles. The molecule has 0 aliphatic carbocycles. The molecule has 1 aromatic carbocycles. The highest BCUT2D eigenvalue weighted by Gasteiger charge is 2.09. The van der Waals surface area contributed by atoms with Gasteiger partial charge in [-0.15, -0.1) is 11.6 Å². The minimum Gasteiger partial charge on any atom is -0.441 e. The fourth-order valence-electron chi connectivity index (χ4n) is 1.63. The molecule has 0 amide bonds. The van der Waals surface area contributed by atoms with Gasteiger partial charge >= 0.3 is 0 Å². The highest BCUT2D eigenvalue weighted by Crippen LogP contribution is 2.27. The number of rotatable bonds is 4. The summed E-state index contributed by atoms with van der Waals surface area (Å²) in [5, 5.41) is 0. The first-order valence-corrected chi connectivity index (χ1v) is 6.80. The van der Waals surface area contributed by atoms with Crippen LogP contribution in [0.2, 0.25) is 0 Å². The van der Waals surface area contributed by atoms with Crippen molar-refractivity contribution in [1.29, 1.82) is 0 Å². The van der Waals surface area contributed by atoms with Crippen LogP contribution in [0.5, 0.6) is 0 Å². The number of benzene rings is 1. The molecule has 0 N–H and O–H groups in total. The molecule has 2 nitrogen and oxygen atoms in total. The maximum atomic E-state index is 5.72. The highest BCUT2D eigenvalue weighted by atomic mass is 79.9. The molecule has 0 aliphatic rings. The Morgan fingerprint density at radius 1 is 1.41 bits per heavy atom. The number of oxazole rings is 1. The summed E-state index contributed by atoms with van der Waals surface area (Å²) in [5.41, 5.74) is 2.25. The zero-order chi connectivity index (χ0) is 12.3. The van der Waals surface area contributed by atoms with Crippen molar-refractivity contribution in [2.24, 2.45) is 0 Å². The van der Waals surface area contributed by atoms with Gasteiger partial charge in [0.15, 0.2) is 11.7 Å². The quantitative estimate of drug-likeness (QED) is 0.772. The first-order chi connectivity index (χ1) is 8.20. The van der Waals surface area contributed by atoms with Gasteiger partial charge in [0.05, 0.1) is 6.20 Å². The number of aromatic nitrogens is 1. The Kier molecular flexibility index (Phi) is 4.24. The van der Waals surface area contributed by atoms with Crippen LogP contribution >= 0.6 is 27.5 Å². The third-order valence-electron chi connectivity index (χ3n) is 2.54. The first-order valence-electron chi connectivity index (χ1n) is 5.48. The summed E-state index contributed by atoms with van der Waals surface area (Å²) in [4.78, 5) is 4.26. The van der Waals surface area contributed by atoms with E-state index in [0.717, 1.165) is 34.5 Å². The number of aryl methyl sites for hydroxylation is 2. The standard InChI is InChI=1S/C13H13BrClNO/c1-9-4-5-10(14)7-11(9)12-8-16-13(17-12)3-2-6-15/h4-5,7-8H,2-3,6H2,1H3. The van der Waals surface area contributed by atoms with Gasteiger partial charge in [-0.1, -0.05) is 22.0 Å². The molecule has 90 valence electrons. The molecule has 4 heteroatoms. The minimum absolute atomic E-state index is 0.633. The Morgan fingerprint density at radius 2 is 2.24 bits per heavy atom. The number of alkyl halides is 1. The fourth-order valence-corrected chi connectivity index (χ4v) is 2.12. The van der Waals surface area contributed by atoms with E-state index >= 15 is 0 Å².